The van der Waals surface area contributed by atoms with E-state index >= 15 is 0 Å². The molecule has 0 spiro atoms. The van der Waals surface area contributed by atoms with Crippen molar-refractivity contribution in [3.8, 4) is 0 Å². The molecule has 2 aromatic carbocycles. The molecule has 108 valence electrons. The molecule has 1 saturated heterocycles. The van der Waals surface area contributed by atoms with E-state index < -0.39 is 0 Å². The molecule has 1 unspecified atom stereocenters. The summed E-state index contributed by atoms with van der Waals surface area (Å²) in [7, 11) is 0. The van der Waals surface area contributed by atoms with E-state index in [4.69, 9.17) is 28.6 Å². The maximum atomic E-state index is 5.99. The van der Waals surface area contributed by atoms with Crippen LogP contribution in [0.25, 0.3) is 0 Å². The molecule has 0 radical (unpaired) electrons. The van der Waals surface area contributed by atoms with Gasteiger partial charge in [-0.3, -0.25) is 0 Å². The summed E-state index contributed by atoms with van der Waals surface area (Å²) in [6, 6.07) is 17.6. The molecule has 0 bridgehead atoms. The molecule has 5 heteroatoms. The summed E-state index contributed by atoms with van der Waals surface area (Å²) >= 11 is 11.5. The summed E-state index contributed by atoms with van der Waals surface area (Å²) in [6.45, 7) is 1.43. The maximum Gasteiger partial charge on any atom is 0.175 e. The Labute approximate surface area is 134 Å². The first-order chi connectivity index (χ1) is 10.2. The number of anilines is 1. The van der Waals surface area contributed by atoms with Crippen molar-refractivity contribution < 1.29 is 4.74 Å². The van der Waals surface area contributed by atoms with Crippen molar-refractivity contribution in [3.05, 3.63) is 65.2 Å². The number of ether oxygens (including phenoxy) is 1. The van der Waals surface area contributed by atoms with E-state index in [9.17, 15) is 0 Å². The first kappa shape index (κ1) is 14.3. The minimum atomic E-state index is -0.134. The Bertz CT molecular complexity index is 635. The first-order valence-corrected chi connectivity index (χ1v) is 7.52. The monoisotopic (exact) mass is 318 g/mol. The molecule has 2 aromatic rings. The smallest absolute Gasteiger partial charge is 0.175 e. The Hall–Kier alpha value is -1.62. The molecule has 1 atom stereocenters. The Kier molecular flexibility index (Phi) is 4.39. The van der Waals surface area contributed by atoms with Crippen LogP contribution in [0.15, 0.2) is 54.6 Å². The predicted octanol–water partition coefficient (Wildman–Crippen LogP) is 4.07. The molecule has 3 nitrogen and oxygen atoms in total. The molecule has 1 N–H and O–H groups in total. The third kappa shape index (κ3) is 3.35. The van der Waals surface area contributed by atoms with Gasteiger partial charge in [-0.05, 0) is 30.4 Å². The molecule has 0 aromatic heterocycles. The van der Waals surface area contributed by atoms with Gasteiger partial charge in [0.15, 0.2) is 11.3 Å². The van der Waals surface area contributed by atoms with Gasteiger partial charge in [0.2, 0.25) is 0 Å². The number of hydrogen-bond acceptors (Lipinski definition) is 2. The quantitative estimate of drug-likeness (QED) is 0.844. The molecule has 1 aliphatic heterocycles. The van der Waals surface area contributed by atoms with Crippen molar-refractivity contribution in [2.24, 2.45) is 0 Å². The Morgan fingerprint density at radius 3 is 2.76 bits per heavy atom. The number of halogens is 1. The Balaban J connectivity index is 1.74. The van der Waals surface area contributed by atoms with E-state index in [1.807, 2.05) is 59.5 Å². The van der Waals surface area contributed by atoms with Crippen LogP contribution in [0.2, 0.25) is 5.02 Å². The van der Waals surface area contributed by atoms with Gasteiger partial charge in [-0.1, -0.05) is 48.0 Å². The molecule has 0 saturated carbocycles. The molecule has 1 heterocycles. The highest BCUT2D eigenvalue weighted by atomic mass is 35.5. The lowest BCUT2D eigenvalue weighted by Crippen LogP contribution is -2.34. The summed E-state index contributed by atoms with van der Waals surface area (Å²) in [5.74, 6) is 0. The lowest BCUT2D eigenvalue weighted by molar-refractivity contribution is 0.0642. The molecule has 3 rings (SSSR count). The summed E-state index contributed by atoms with van der Waals surface area (Å²) in [6.07, 6.45) is -0.134. The summed E-state index contributed by atoms with van der Waals surface area (Å²) in [4.78, 5) is 2.05. The second kappa shape index (κ2) is 6.43. The van der Waals surface area contributed by atoms with Gasteiger partial charge >= 0.3 is 0 Å². The van der Waals surface area contributed by atoms with Gasteiger partial charge in [-0.25, -0.2) is 0 Å². The van der Waals surface area contributed by atoms with E-state index in [2.05, 4.69) is 5.32 Å². The lowest BCUT2D eigenvalue weighted by Gasteiger charge is -2.26. The van der Waals surface area contributed by atoms with Crippen molar-refractivity contribution in [1.29, 1.82) is 0 Å². The van der Waals surface area contributed by atoms with Crippen LogP contribution in [-0.2, 0) is 4.74 Å². The van der Waals surface area contributed by atoms with Crippen LogP contribution < -0.4 is 5.32 Å². The van der Waals surface area contributed by atoms with Crippen LogP contribution in [0.1, 0.15) is 11.8 Å². The van der Waals surface area contributed by atoms with Gasteiger partial charge in [-0.15, -0.1) is 0 Å². The number of rotatable bonds is 2. The molecule has 1 aliphatic rings. The van der Waals surface area contributed by atoms with Crippen molar-refractivity contribution >= 4 is 34.6 Å². The van der Waals surface area contributed by atoms with Crippen LogP contribution >= 0.6 is 23.8 Å². The molecular weight excluding hydrogens is 304 g/mol. The van der Waals surface area contributed by atoms with Crippen molar-refractivity contribution in [1.82, 2.24) is 4.90 Å². The van der Waals surface area contributed by atoms with Crippen molar-refractivity contribution in [2.75, 3.05) is 18.5 Å². The van der Waals surface area contributed by atoms with E-state index in [1.165, 1.54) is 0 Å². The number of nitrogens with one attached hydrogen (secondary N) is 1. The van der Waals surface area contributed by atoms with Gasteiger partial charge in [0.05, 0.1) is 6.61 Å². The number of thiocarbonyl (C=S) groups is 1. The SMILES string of the molecule is S=C(Nc1cccc(Cl)c1)N1CCOC1c1ccccc1. The maximum absolute atomic E-state index is 5.99. The topological polar surface area (TPSA) is 24.5 Å². The van der Waals surface area contributed by atoms with Crippen molar-refractivity contribution in [3.63, 3.8) is 0 Å². The molecule has 0 amide bonds. The average Bonchev–Trinajstić information content (AvgIpc) is 2.98. The zero-order valence-electron chi connectivity index (χ0n) is 11.3. The number of hydrogen-bond donors (Lipinski definition) is 1. The Morgan fingerprint density at radius 1 is 1.19 bits per heavy atom. The highest BCUT2D eigenvalue weighted by Gasteiger charge is 2.28. The zero-order valence-corrected chi connectivity index (χ0v) is 12.9. The first-order valence-electron chi connectivity index (χ1n) is 6.74. The minimum Gasteiger partial charge on any atom is -0.352 e. The van der Waals surface area contributed by atoms with E-state index in [0.717, 1.165) is 17.8 Å². The molecule has 1 fully saturated rings. The molecule has 0 aliphatic carbocycles. The van der Waals surface area contributed by atoms with E-state index in [-0.39, 0.29) is 6.23 Å². The van der Waals surface area contributed by atoms with E-state index in [0.29, 0.717) is 16.7 Å². The van der Waals surface area contributed by atoms with Gasteiger partial charge in [0.25, 0.3) is 0 Å². The third-order valence-electron chi connectivity index (χ3n) is 3.31. The highest BCUT2D eigenvalue weighted by molar-refractivity contribution is 7.80. The fourth-order valence-electron chi connectivity index (χ4n) is 2.33. The number of nitrogens with zero attached hydrogens (tertiary/aromatic N) is 1. The summed E-state index contributed by atoms with van der Waals surface area (Å²) in [5.41, 5.74) is 1.98. The van der Waals surface area contributed by atoms with Crippen LogP contribution in [0.4, 0.5) is 5.69 Å². The van der Waals surface area contributed by atoms with Crippen molar-refractivity contribution in [2.45, 2.75) is 6.23 Å². The number of benzene rings is 2. The fraction of sp³-hybridized carbons (Fsp3) is 0.188. The standard InChI is InChI=1S/C16H15ClN2OS/c17-13-7-4-8-14(11-13)18-16(21)19-9-10-20-15(19)12-5-2-1-3-6-12/h1-8,11,15H,9-10H2,(H,18,21). The third-order valence-corrected chi connectivity index (χ3v) is 3.88. The fourth-order valence-corrected chi connectivity index (χ4v) is 2.83. The van der Waals surface area contributed by atoms with Crippen LogP contribution in [0.5, 0.6) is 0 Å². The average molecular weight is 319 g/mol. The van der Waals surface area contributed by atoms with Gasteiger partial charge < -0.3 is 15.0 Å². The molecular formula is C16H15ClN2OS. The minimum absolute atomic E-state index is 0.134. The van der Waals surface area contributed by atoms with Gasteiger partial charge in [-0.2, -0.15) is 0 Å². The summed E-state index contributed by atoms with van der Waals surface area (Å²) in [5, 5.41) is 4.54. The largest absolute Gasteiger partial charge is 0.352 e. The van der Waals surface area contributed by atoms with Gasteiger partial charge in [0.1, 0.15) is 0 Å². The predicted molar refractivity (Wildman–Crippen MR) is 89.5 cm³/mol. The molecule has 21 heavy (non-hydrogen) atoms. The second-order valence-corrected chi connectivity index (χ2v) is 5.59. The summed E-state index contributed by atoms with van der Waals surface area (Å²) < 4.78 is 5.81. The van der Waals surface area contributed by atoms with Crippen LogP contribution in [-0.4, -0.2) is 23.2 Å². The zero-order chi connectivity index (χ0) is 14.7. The Morgan fingerprint density at radius 2 is 2.00 bits per heavy atom. The van der Waals surface area contributed by atoms with Crippen LogP contribution in [0, 0.1) is 0 Å². The second-order valence-electron chi connectivity index (χ2n) is 4.77. The highest BCUT2D eigenvalue weighted by Crippen LogP contribution is 2.27. The lowest BCUT2D eigenvalue weighted by atomic mass is 10.2. The van der Waals surface area contributed by atoms with E-state index in [1.54, 1.807) is 0 Å². The van der Waals surface area contributed by atoms with Gasteiger partial charge in [0, 0.05) is 22.8 Å². The normalized spacial score (nSPS) is 17.8. The van der Waals surface area contributed by atoms with Crippen LogP contribution in [0.3, 0.4) is 0 Å².